The molecule has 1 aliphatic rings. The number of carbonyl (C=O) groups excluding carboxylic acids is 1. The number of anilines is 1. The van der Waals surface area contributed by atoms with Crippen LogP contribution in [0.4, 0.5) is 5.69 Å². The Morgan fingerprint density at radius 1 is 1.47 bits per heavy atom. The Kier molecular flexibility index (Phi) is 2.53. The number of amides is 1. The molecule has 17 heavy (non-hydrogen) atoms. The molecule has 0 saturated carbocycles. The van der Waals surface area contributed by atoms with Gasteiger partial charge in [0.05, 0.1) is 11.7 Å². The average molecular weight is 230 g/mol. The van der Waals surface area contributed by atoms with Gasteiger partial charge in [-0.05, 0) is 37.2 Å². The molecule has 0 radical (unpaired) electrons. The number of aromatic nitrogens is 2. The van der Waals surface area contributed by atoms with Crippen molar-refractivity contribution in [3.8, 4) is 0 Å². The molecule has 1 fully saturated rings. The quantitative estimate of drug-likeness (QED) is 0.739. The molecule has 5 nitrogen and oxygen atoms in total. The Bertz CT molecular complexity index is 544. The van der Waals surface area contributed by atoms with Crippen LogP contribution in [0.1, 0.15) is 6.42 Å². The summed E-state index contributed by atoms with van der Waals surface area (Å²) in [7, 11) is 0. The van der Waals surface area contributed by atoms with E-state index in [4.69, 9.17) is 0 Å². The molecule has 1 aromatic heterocycles. The van der Waals surface area contributed by atoms with Crippen LogP contribution in [0.25, 0.3) is 10.9 Å². The summed E-state index contributed by atoms with van der Waals surface area (Å²) >= 11 is 0. The number of rotatable bonds is 3. The number of nitrogens with one attached hydrogen (secondary N) is 3. The van der Waals surface area contributed by atoms with E-state index in [-0.39, 0.29) is 5.91 Å². The number of carbonyl (C=O) groups is 1. The number of fused-ring (bicyclic) bond motifs is 1. The van der Waals surface area contributed by atoms with Gasteiger partial charge >= 0.3 is 0 Å². The summed E-state index contributed by atoms with van der Waals surface area (Å²) in [5.41, 5.74) is 1.81. The maximum Gasteiger partial charge on any atom is 0.224 e. The van der Waals surface area contributed by atoms with Gasteiger partial charge in [0.15, 0.2) is 0 Å². The Balaban J connectivity index is 1.68. The zero-order valence-electron chi connectivity index (χ0n) is 9.36. The van der Waals surface area contributed by atoms with E-state index in [1.54, 1.807) is 6.20 Å². The number of hydrogen-bond acceptors (Lipinski definition) is 3. The van der Waals surface area contributed by atoms with Crippen molar-refractivity contribution in [3.63, 3.8) is 0 Å². The molecule has 1 amide bonds. The topological polar surface area (TPSA) is 69.8 Å². The fourth-order valence-corrected chi connectivity index (χ4v) is 1.99. The molecule has 3 N–H and O–H groups in total. The lowest BCUT2D eigenvalue weighted by Gasteiger charge is -2.26. The zero-order chi connectivity index (χ0) is 11.7. The Morgan fingerprint density at radius 3 is 3.12 bits per heavy atom. The van der Waals surface area contributed by atoms with Crippen molar-refractivity contribution in [3.05, 3.63) is 24.4 Å². The molecule has 2 heterocycles. The third-order valence-corrected chi connectivity index (χ3v) is 3.06. The normalized spacial score (nSPS) is 15.8. The van der Waals surface area contributed by atoms with Crippen molar-refractivity contribution in [1.29, 1.82) is 0 Å². The first kappa shape index (κ1) is 10.3. The lowest BCUT2D eigenvalue weighted by molar-refractivity contribution is -0.117. The predicted octanol–water partition coefficient (Wildman–Crippen LogP) is 1.11. The van der Waals surface area contributed by atoms with E-state index in [0.29, 0.717) is 12.3 Å². The number of H-pyrrole nitrogens is 1. The standard InChI is InChI=1S/C12H14N4O/c17-12(3-8-5-13-6-8)15-10-1-2-11-9(4-10)7-14-16-11/h1-2,4,7-8,13H,3,5-6H2,(H,14,16)(H,15,17). The van der Waals surface area contributed by atoms with Gasteiger partial charge < -0.3 is 10.6 Å². The second-order valence-electron chi connectivity index (χ2n) is 4.45. The fourth-order valence-electron chi connectivity index (χ4n) is 1.99. The second kappa shape index (κ2) is 4.18. The maximum absolute atomic E-state index is 11.7. The molecule has 5 heteroatoms. The first-order valence-electron chi connectivity index (χ1n) is 5.75. The summed E-state index contributed by atoms with van der Waals surface area (Å²) in [4.78, 5) is 11.7. The molecule has 1 saturated heterocycles. The zero-order valence-corrected chi connectivity index (χ0v) is 9.36. The van der Waals surface area contributed by atoms with Gasteiger partial charge in [-0.3, -0.25) is 9.89 Å². The van der Waals surface area contributed by atoms with E-state index in [9.17, 15) is 4.79 Å². The Labute approximate surface area is 98.6 Å². The van der Waals surface area contributed by atoms with Crippen LogP contribution < -0.4 is 10.6 Å². The maximum atomic E-state index is 11.7. The molecular weight excluding hydrogens is 216 g/mol. The van der Waals surface area contributed by atoms with Crippen LogP contribution >= 0.6 is 0 Å². The average Bonchev–Trinajstić information content (AvgIpc) is 2.71. The van der Waals surface area contributed by atoms with Gasteiger partial charge in [-0.25, -0.2) is 0 Å². The molecule has 1 aromatic carbocycles. The molecular formula is C12H14N4O. The second-order valence-corrected chi connectivity index (χ2v) is 4.45. The summed E-state index contributed by atoms with van der Waals surface area (Å²) in [5.74, 6) is 0.576. The molecule has 0 spiro atoms. The van der Waals surface area contributed by atoms with E-state index in [2.05, 4.69) is 20.8 Å². The van der Waals surface area contributed by atoms with Crippen LogP contribution in [0.5, 0.6) is 0 Å². The third kappa shape index (κ3) is 2.14. The van der Waals surface area contributed by atoms with Gasteiger partial charge in [0.25, 0.3) is 0 Å². The van der Waals surface area contributed by atoms with Crippen LogP contribution in [-0.4, -0.2) is 29.2 Å². The predicted molar refractivity (Wildman–Crippen MR) is 65.7 cm³/mol. The molecule has 2 aromatic rings. The Morgan fingerprint density at radius 2 is 2.35 bits per heavy atom. The summed E-state index contributed by atoms with van der Waals surface area (Å²) in [5, 5.41) is 13.9. The highest BCUT2D eigenvalue weighted by Gasteiger charge is 2.19. The summed E-state index contributed by atoms with van der Waals surface area (Å²) in [6.07, 6.45) is 2.34. The molecule has 3 rings (SSSR count). The van der Waals surface area contributed by atoms with Gasteiger partial charge in [-0.15, -0.1) is 0 Å². The number of hydrogen-bond donors (Lipinski definition) is 3. The van der Waals surface area contributed by atoms with E-state index < -0.39 is 0 Å². The van der Waals surface area contributed by atoms with Crippen molar-refractivity contribution >= 4 is 22.5 Å². The van der Waals surface area contributed by atoms with Gasteiger partial charge in [-0.1, -0.05) is 0 Å². The van der Waals surface area contributed by atoms with Gasteiger partial charge in [0, 0.05) is 17.5 Å². The minimum absolute atomic E-state index is 0.0827. The summed E-state index contributed by atoms with van der Waals surface area (Å²) < 4.78 is 0. The number of aromatic amines is 1. The minimum atomic E-state index is 0.0827. The molecule has 0 unspecified atom stereocenters. The van der Waals surface area contributed by atoms with Crippen LogP contribution in [0.15, 0.2) is 24.4 Å². The number of benzene rings is 1. The van der Waals surface area contributed by atoms with Crippen molar-refractivity contribution < 1.29 is 4.79 Å². The smallest absolute Gasteiger partial charge is 0.224 e. The third-order valence-electron chi connectivity index (χ3n) is 3.06. The van der Waals surface area contributed by atoms with Crippen molar-refractivity contribution in [2.45, 2.75) is 6.42 Å². The summed E-state index contributed by atoms with van der Waals surface area (Å²) in [6.45, 7) is 1.91. The van der Waals surface area contributed by atoms with Gasteiger partial charge in [0.1, 0.15) is 0 Å². The highest BCUT2D eigenvalue weighted by atomic mass is 16.1. The molecule has 1 aliphatic heterocycles. The lowest BCUT2D eigenvalue weighted by Crippen LogP contribution is -2.43. The lowest BCUT2D eigenvalue weighted by atomic mass is 9.99. The van der Waals surface area contributed by atoms with Gasteiger partial charge in [-0.2, -0.15) is 5.10 Å². The Hall–Kier alpha value is -1.88. The van der Waals surface area contributed by atoms with E-state index in [1.807, 2.05) is 18.2 Å². The minimum Gasteiger partial charge on any atom is -0.326 e. The van der Waals surface area contributed by atoms with Crippen molar-refractivity contribution in [2.75, 3.05) is 18.4 Å². The van der Waals surface area contributed by atoms with Crippen molar-refractivity contribution in [2.24, 2.45) is 5.92 Å². The van der Waals surface area contributed by atoms with E-state index in [0.717, 1.165) is 29.7 Å². The first-order chi connectivity index (χ1) is 8.31. The summed E-state index contributed by atoms with van der Waals surface area (Å²) in [6, 6.07) is 5.73. The van der Waals surface area contributed by atoms with Crippen LogP contribution in [-0.2, 0) is 4.79 Å². The van der Waals surface area contributed by atoms with Crippen LogP contribution in [0.3, 0.4) is 0 Å². The highest BCUT2D eigenvalue weighted by Crippen LogP contribution is 2.17. The van der Waals surface area contributed by atoms with E-state index in [1.165, 1.54) is 0 Å². The van der Waals surface area contributed by atoms with Crippen LogP contribution in [0, 0.1) is 5.92 Å². The van der Waals surface area contributed by atoms with Gasteiger partial charge in [0.2, 0.25) is 5.91 Å². The SMILES string of the molecule is O=C(CC1CNC1)Nc1ccc2[nH]ncc2c1. The molecule has 0 aliphatic carbocycles. The molecule has 88 valence electrons. The largest absolute Gasteiger partial charge is 0.326 e. The molecule has 0 atom stereocenters. The monoisotopic (exact) mass is 230 g/mol. The van der Waals surface area contributed by atoms with Crippen LogP contribution in [0.2, 0.25) is 0 Å². The fraction of sp³-hybridized carbons (Fsp3) is 0.333. The highest BCUT2D eigenvalue weighted by molar-refractivity contribution is 5.93. The van der Waals surface area contributed by atoms with E-state index >= 15 is 0 Å². The first-order valence-corrected chi connectivity index (χ1v) is 5.75. The molecule has 0 bridgehead atoms. The number of nitrogens with zero attached hydrogens (tertiary/aromatic N) is 1. The van der Waals surface area contributed by atoms with Crippen molar-refractivity contribution in [1.82, 2.24) is 15.5 Å².